The number of hydrogen-bond donors (Lipinski definition) is 0. The molecule has 0 saturated carbocycles. The molecule has 104 valence electrons. The lowest BCUT2D eigenvalue weighted by Gasteiger charge is -2.48. The first kappa shape index (κ1) is 13.1. The van der Waals surface area contributed by atoms with E-state index in [1.165, 1.54) is 5.56 Å². The molecule has 1 aromatic heterocycles. The number of aryl methyl sites for hydroxylation is 2. The maximum absolute atomic E-state index is 4.63. The number of benzene rings is 1. The van der Waals surface area contributed by atoms with Crippen LogP contribution in [0.1, 0.15) is 37.0 Å². The second-order valence-electron chi connectivity index (χ2n) is 5.60. The van der Waals surface area contributed by atoms with Crippen molar-refractivity contribution in [3.05, 3.63) is 53.5 Å². The topological polar surface area (TPSA) is 29.0 Å². The lowest BCUT2D eigenvalue weighted by molar-refractivity contribution is 0.322. The average Bonchev–Trinajstić information content (AvgIpc) is 2.45. The third kappa shape index (κ3) is 2.28. The van der Waals surface area contributed by atoms with Gasteiger partial charge in [-0.3, -0.25) is 0 Å². The molecule has 1 aliphatic rings. The zero-order valence-corrected chi connectivity index (χ0v) is 12.4. The largest absolute Gasteiger partial charge is 0.349 e. The summed E-state index contributed by atoms with van der Waals surface area (Å²) in [5, 5.41) is 0. The van der Waals surface area contributed by atoms with Crippen LogP contribution in [0.3, 0.4) is 0 Å². The van der Waals surface area contributed by atoms with Gasteiger partial charge in [0, 0.05) is 18.3 Å². The summed E-state index contributed by atoms with van der Waals surface area (Å²) in [4.78, 5) is 11.5. The van der Waals surface area contributed by atoms with Crippen LogP contribution in [0.4, 0.5) is 5.82 Å². The van der Waals surface area contributed by atoms with Gasteiger partial charge in [-0.05, 0) is 24.8 Å². The molecule has 20 heavy (non-hydrogen) atoms. The zero-order chi connectivity index (χ0) is 14.1. The van der Waals surface area contributed by atoms with E-state index >= 15 is 0 Å². The van der Waals surface area contributed by atoms with Crippen molar-refractivity contribution in [1.29, 1.82) is 0 Å². The van der Waals surface area contributed by atoms with Gasteiger partial charge in [-0.25, -0.2) is 9.97 Å². The first-order valence-electron chi connectivity index (χ1n) is 7.35. The molecular formula is C17H21N3. The summed E-state index contributed by atoms with van der Waals surface area (Å²) in [5.41, 5.74) is 2.50. The first-order chi connectivity index (χ1) is 9.69. The van der Waals surface area contributed by atoms with E-state index in [-0.39, 0.29) is 0 Å². The predicted octanol–water partition coefficient (Wildman–Crippen LogP) is 3.54. The highest BCUT2D eigenvalue weighted by molar-refractivity contribution is 5.48. The molecule has 0 bridgehead atoms. The molecule has 0 aliphatic carbocycles. The molecule has 1 saturated heterocycles. The number of rotatable bonds is 3. The summed E-state index contributed by atoms with van der Waals surface area (Å²) < 4.78 is 0. The average molecular weight is 267 g/mol. The summed E-state index contributed by atoms with van der Waals surface area (Å²) in [6, 6.07) is 13.3. The van der Waals surface area contributed by atoms with Crippen molar-refractivity contribution in [2.75, 3.05) is 11.4 Å². The molecule has 1 fully saturated rings. The van der Waals surface area contributed by atoms with Crippen molar-refractivity contribution < 1.29 is 0 Å². The van der Waals surface area contributed by atoms with Gasteiger partial charge in [0.15, 0.2) is 0 Å². The number of hydrogen-bond acceptors (Lipinski definition) is 3. The highest BCUT2D eigenvalue weighted by Gasteiger charge is 2.37. The van der Waals surface area contributed by atoms with Crippen molar-refractivity contribution >= 4 is 5.82 Å². The Bertz CT molecular complexity index is 594. The molecule has 0 amide bonds. The minimum absolute atomic E-state index is 0.440. The third-order valence-electron chi connectivity index (χ3n) is 4.03. The first-order valence-corrected chi connectivity index (χ1v) is 7.35. The van der Waals surface area contributed by atoms with E-state index in [2.05, 4.69) is 65.1 Å². The summed E-state index contributed by atoms with van der Waals surface area (Å²) in [6.45, 7) is 7.49. The molecule has 0 radical (unpaired) electrons. The highest BCUT2D eigenvalue weighted by atomic mass is 15.3. The molecule has 1 aromatic carbocycles. The predicted molar refractivity (Wildman–Crippen MR) is 81.8 cm³/mol. The van der Waals surface area contributed by atoms with Gasteiger partial charge in [-0.1, -0.05) is 44.2 Å². The van der Waals surface area contributed by atoms with E-state index in [0.29, 0.717) is 12.0 Å². The Kier molecular flexibility index (Phi) is 3.43. The zero-order valence-electron chi connectivity index (χ0n) is 12.4. The van der Waals surface area contributed by atoms with Crippen molar-refractivity contribution in [1.82, 2.24) is 9.97 Å². The van der Waals surface area contributed by atoms with E-state index in [1.54, 1.807) is 0 Å². The molecule has 2 aromatic rings. The fourth-order valence-electron chi connectivity index (χ4n) is 3.03. The fraction of sp³-hybridized carbons (Fsp3) is 0.412. The second-order valence-corrected chi connectivity index (χ2v) is 5.60. The summed E-state index contributed by atoms with van der Waals surface area (Å²) in [5.74, 6) is 2.60. The molecule has 3 heteroatoms. The summed E-state index contributed by atoms with van der Waals surface area (Å²) >= 11 is 0. The number of aromatic nitrogens is 2. The van der Waals surface area contributed by atoms with Crippen LogP contribution in [0.15, 0.2) is 36.4 Å². The Balaban J connectivity index is 1.93. The Morgan fingerprint density at radius 2 is 1.95 bits per heavy atom. The molecule has 0 N–H and O–H groups in total. The SMILES string of the molecule is CCc1cc(N2CC(C)C2c2ccccc2)nc(C)n1. The standard InChI is InChI=1S/C17H21N3/c1-4-15-10-16(19-13(3)18-15)20-11-12(2)17(20)14-8-6-5-7-9-14/h5-10,12,17H,4,11H2,1-3H3. The third-order valence-corrected chi connectivity index (χ3v) is 4.03. The number of anilines is 1. The quantitative estimate of drug-likeness (QED) is 0.851. The van der Waals surface area contributed by atoms with Crippen LogP contribution in [0.5, 0.6) is 0 Å². The molecule has 0 spiro atoms. The molecule has 2 atom stereocenters. The van der Waals surface area contributed by atoms with Crippen LogP contribution in [0, 0.1) is 12.8 Å². The Morgan fingerprint density at radius 3 is 2.60 bits per heavy atom. The molecule has 3 nitrogen and oxygen atoms in total. The minimum Gasteiger partial charge on any atom is -0.349 e. The Hall–Kier alpha value is -1.90. The Labute approximate surface area is 120 Å². The lowest BCUT2D eigenvalue weighted by Crippen LogP contribution is -2.49. The van der Waals surface area contributed by atoms with Gasteiger partial charge in [-0.15, -0.1) is 0 Å². The van der Waals surface area contributed by atoms with Crippen LogP contribution >= 0.6 is 0 Å². The van der Waals surface area contributed by atoms with Crippen molar-refractivity contribution in [2.24, 2.45) is 5.92 Å². The molecule has 2 heterocycles. The van der Waals surface area contributed by atoms with E-state index in [1.807, 2.05) is 6.92 Å². The van der Waals surface area contributed by atoms with Gasteiger partial charge in [0.2, 0.25) is 0 Å². The molecule has 1 aliphatic heterocycles. The van der Waals surface area contributed by atoms with Gasteiger partial charge in [-0.2, -0.15) is 0 Å². The van der Waals surface area contributed by atoms with Gasteiger partial charge in [0.1, 0.15) is 11.6 Å². The molecule has 3 rings (SSSR count). The van der Waals surface area contributed by atoms with Gasteiger partial charge in [0.05, 0.1) is 6.04 Å². The number of nitrogens with zero attached hydrogens (tertiary/aromatic N) is 3. The van der Waals surface area contributed by atoms with Crippen molar-refractivity contribution in [3.63, 3.8) is 0 Å². The normalized spacial score (nSPS) is 21.6. The second kappa shape index (κ2) is 5.23. The lowest BCUT2D eigenvalue weighted by atomic mass is 9.85. The van der Waals surface area contributed by atoms with Crippen molar-refractivity contribution in [2.45, 2.75) is 33.2 Å². The van der Waals surface area contributed by atoms with Gasteiger partial charge in [0.25, 0.3) is 0 Å². The fourth-order valence-corrected chi connectivity index (χ4v) is 3.03. The Morgan fingerprint density at radius 1 is 1.20 bits per heavy atom. The summed E-state index contributed by atoms with van der Waals surface area (Å²) in [7, 11) is 0. The monoisotopic (exact) mass is 267 g/mol. The maximum Gasteiger partial charge on any atom is 0.133 e. The summed E-state index contributed by atoms with van der Waals surface area (Å²) in [6.07, 6.45) is 0.954. The van der Waals surface area contributed by atoms with Crippen molar-refractivity contribution in [3.8, 4) is 0 Å². The van der Waals surface area contributed by atoms with Crippen LogP contribution < -0.4 is 4.90 Å². The maximum atomic E-state index is 4.63. The van der Waals surface area contributed by atoms with Crippen LogP contribution in [-0.2, 0) is 6.42 Å². The van der Waals surface area contributed by atoms with Gasteiger partial charge < -0.3 is 4.90 Å². The van der Waals surface area contributed by atoms with E-state index < -0.39 is 0 Å². The van der Waals surface area contributed by atoms with E-state index in [0.717, 1.165) is 30.3 Å². The van der Waals surface area contributed by atoms with E-state index in [9.17, 15) is 0 Å². The minimum atomic E-state index is 0.440. The van der Waals surface area contributed by atoms with Crippen LogP contribution in [-0.4, -0.2) is 16.5 Å². The highest BCUT2D eigenvalue weighted by Crippen LogP contribution is 2.41. The van der Waals surface area contributed by atoms with Crippen LogP contribution in [0.25, 0.3) is 0 Å². The van der Waals surface area contributed by atoms with E-state index in [4.69, 9.17) is 0 Å². The molecular weight excluding hydrogens is 246 g/mol. The smallest absolute Gasteiger partial charge is 0.133 e. The molecule has 2 unspecified atom stereocenters. The van der Waals surface area contributed by atoms with Crippen LogP contribution in [0.2, 0.25) is 0 Å². The van der Waals surface area contributed by atoms with Gasteiger partial charge >= 0.3 is 0 Å².